The smallest absolute Gasteiger partial charge is 0.171 e. The maximum atomic E-state index is 11.6. The van der Waals surface area contributed by atoms with Crippen LogP contribution < -0.4 is 0 Å². The number of fused-ring (bicyclic) bond motifs is 1. The van der Waals surface area contributed by atoms with Gasteiger partial charge >= 0.3 is 0 Å². The van der Waals surface area contributed by atoms with Crippen molar-refractivity contribution in [3.05, 3.63) is 46.6 Å². The maximum Gasteiger partial charge on any atom is 0.171 e. The Kier molecular flexibility index (Phi) is 3.10. The van der Waals surface area contributed by atoms with Gasteiger partial charge in [0.2, 0.25) is 0 Å². The van der Waals surface area contributed by atoms with Crippen molar-refractivity contribution in [2.45, 2.75) is 20.8 Å². The molecule has 0 radical (unpaired) electrons. The summed E-state index contributed by atoms with van der Waals surface area (Å²) in [4.78, 5) is 21.4. The van der Waals surface area contributed by atoms with Gasteiger partial charge in [-0.3, -0.25) is 9.78 Å². The van der Waals surface area contributed by atoms with Crippen LogP contribution >= 0.6 is 11.3 Å². The molecule has 0 N–H and O–H groups in total. The number of hydrogen-bond acceptors (Lipinski definition) is 4. The van der Waals surface area contributed by atoms with Crippen molar-refractivity contribution in [3.63, 3.8) is 0 Å². The quantitative estimate of drug-likeness (QED) is 0.662. The van der Waals surface area contributed by atoms with Crippen LogP contribution in [0.2, 0.25) is 0 Å². The summed E-state index contributed by atoms with van der Waals surface area (Å²) in [5.74, 6) is 0.0707. The van der Waals surface area contributed by atoms with Gasteiger partial charge in [-0.1, -0.05) is 18.2 Å². The number of aryl methyl sites for hydroxylation is 2. The van der Waals surface area contributed by atoms with E-state index in [0.717, 1.165) is 37.7 Å². The van der Waals surface area contributed by atoms with Gasteiger partial charge in [0.1, 0.15) is 5.01 Å². The van der Waals surface area contributed by atoms with Gasteiger partial charge in [-0.25, -0.2) is 4.98 Å². The predicted molar refractivity (Wildman–Crippen MR) is 82.3 cm³/mol. The summed E-state index contributed by atoms with van der Waals surface area (Å²) >= 11 is 1.46. The molecule has 0 unspecified atom stereocenters. The molecule has 3 rings (SSSR count). The minimum Gasteiger partial charge on any atom is -0.294 e. The van der Waals surface area contributed by atoms with Crippen LogP contribution in [0.15, 0.2) is 30.3 Å². The molecule has 0 saturated carbocycles. The monoisotopic (exact) mass is 282 g/mol. The molecule has 0 saturated heterocycles. The minimum atomic E-state index is 0.0707. The zero-order chi connectivity index (χ0) is 14.3. The van der Waals surface area contributed by atoms with Crippen LogP contribution in [-0.4, -0.2) is 15.8 Å². The van der Waals surface area contributed by atoms with Gasteiger partial charge in [0.25, 0.3) is 0 Å². The molecule has 1 aromatic carbocycles. The summed E-state index contributed by atoms with van der Waals surface area (Å²) in [5.41, 5.74) is 3.76. The maximum absolute atomic E-state index is 11.6. The summed E-state index contributed by atoms with van der Waals surface area (Å²) < 4.78 is 0. The van der Waals surface area contributed by atoms with E-state index in [-0.39, 0.29) is 5.78 Å². The average Bonchev–Trinajstić information content (AvgIpc) is 2.80. The van der Waals surface area contributed by atoms with Gasteiger partial charge in [0.05, 0.1) is 16.1 Å². The highest BCUT2D eigenvalue weighted by Crippen LogP contribution is 2.33. The second-order valence-electron chi connectivity index (χ2n) is 4.82. The Morgan fingerprint density at radius 1 is 1.15 bits per heavy atom. The number of thiazole rings is 1. The van der Waals surface area contributed by atoms with E-state index in [0.29, 0.717) is 0 Å². The molecule has 0 bridgehead atoms. The molecule has 2 heterocycles. The molecule has 0 aliphatic heterocycles. The molecule has 20 heavy (non-hydrogen) atoms. The molecule has 2 aromatic heterocycles. The summed E-state index contributed by atoms with van der Waals surface area (Å²) in [7, 11) is 0. The Bertz CT molecular complexity index is 820. The first-order valence-electron chi connectivity index (χ1n) is 6.41. The van der Waals surface area contributed by atoms with E-state index in [4.69, 9.17) is 0 Å². The fraction of sp³-hybridized carbons (Fsp3) is 0.188. The lowest BCUT2D eigenvalue weighted by Gasteiger charge is -2.04. The lowest BCUT2D eigenvalue weighted by Crippen LogP contribution is -1.89. The van der Waals surface area contributed by atoms with E-state index in [1.807, 2.05) is 44.2 Å². The number of carbonyl (C=O) groups is 1. The molecule has 0 aliphatic rings. The Labute approximate surface area is 121 Å². The Balaban J connectivity index is 2.29. The molecule has 100 valence electrons. The second kappa shape index (κ2) is 4.80. The average molecular weight is 282 g/mol. The Hall–Kier alpha value is -2.07. The first-order chi connectivity index (χ1) is 9.56. The zero-order valence-corrected chi connectivity index (χ0v) is 12.4. The van der Waals surface area contributed by atoms with Gasteiger partial charge in [-0.05, 0) is 26.0 Å². The van der Waals surface area contributed by atoms with Crippen molar-refractivity contribution in [1.82, 2.24) is 9.97 Å². The third-order valence-corrected chi connectivity index (χ3v) is 4.48. The number of ketones is 1. The number of pyridine rings is 1. The lowest BCUT2D eigenvalue weighted by molar-refractivity contribution is 0.102. The molecule has 0 fully saturated rings. The van der Waals surface area contributed by atoms with Gasteiger partial charge in [-0.2, -0.15) is 0 Å². The van der Waals surface area contributed by atoms with Crippen molar-refractivity contribution >= 4 is 28.0 Å². The number of benzene rings is 1. The topological polar surface area (TPSA) is 42.9 Å². The Morgan fingerprint density at radius 2 is 1.90 bits per heavy atom. The molecular formula is C16H14N2OS. The summed E-state index contributed by atoms with van der Waals surface area (Å²) in [6, 6.07) is 10.0. The van der Waals surface area contributed by atoms with Crippen LogP contribution in [0.3, 0.4) is 0 Å². The highest BCUT2D eigenvalue weighted by molar-refractivity contribution is 7.17. The number of rotatable bonds is 2. The summed E-state index contributed by atoms with van der Waals surface area (Å²) in [5, 5.41) is 1.95. The van der Waals surface area contributed by atoms with E-state index in [2.05, 4.69) is 9.97 Å². The number of Topliss-reactive ketones (excluding diaryl/α,β-unsaturated/α-hetero) is 1. The van der Waals surface area contributed by atoms with Crippen LogP contribution in [-0.2, 0) is 0 Å². The lowest BCUT2D eigenvalue weighted by atomic mass is 10.1. The molecule has 0 amide bonds. The standard InChI is InChI=1S/C16H14N2OS/c1-9-8-13(12-6-4-5-7-14(12)17-9)16-18-10(2)15(20-16)11(3)19/h4-8H,1-3H3. The molecule has 4 heteroatoms. The second-order valence-corrected chi connectivity index (χ2v) is 5.82. The van der Waals surface area contributed by atoms with Crippen molar-refractivity contribution in [1.29, 1.82) is 0 Å². The highest BCUT2D eigenvalue weighted by atomic mass is 32.1. The van der Waals surface area contributed by atoms with Crippen molar-refractivity contribution < 1.29 is 4.79 Å². The fourth-order valence-corrected chi connectivity index (χ4v) is 3.31. The van der Waals surface area contributed by atoms with Gasteiger partial charge in [0.15, 0.2) is 5.78 Å². The first-order valence-corrected chi connectivity index (χ1v) is 7.23. The van der Waals surface area contributed by atoms with Crippen LogP contribution in [0.1, 0.15) is 28.0 Å². The summed E-state index contributed by atoms with van der Waals surface area (Å²) in [6.45, 7) is 5.44. The van der Waals surface area contributed by atoms with Crippen LogP contribution in [0, 0.1) is 13.8 Å². The van der Waals surface area contributed by atoms with E-state index in [1.54, 1.807) is 6.92 Å². The van der Waals surface area contributed by atoms with Crippen molar-refractivity contribution in [2.75, 3.05) is 0 Å². The summed E-state index contributed by atoms with van der Waals surface area (Å²) in [6.07, 6.45) is 0. The number of nitrogens with zero attached hydrogens (tertiary/aromatic N) is 2. The van der Waals surface area contributed by atoms with Crippen molar-refractivity contribution in [2.24, 2.45) is 0 Å². The van der Waals surface area contributed by atoms with E-state index in [9.17, 15) is 4.79 Å². The SMILES string of the molecule is CC(=O)c1sc(-c2cc(C)nc3ccccc23)nc1C. The number of aromatic nitrogens is 2. The Morgan fingerprint density at radius 3 is 2.60 bits per heavy atom. The molecule has 0 aliphatic carbocycles. The minimum absolute atomic E-state index is 0.0707. The van der Waals surface area contributed by atoms with Gasteiger partial charge < -0.3 is 0 Å². The third-order valence-electron chi connectivity index (χ3n) is 3.19. The molecule has 3 nitrogen and oxygen atoms in total. The predicted octanol–water partition coefficient (Wildman–Crippen LogP) is 4.18. The van der Waals surface area contributed by atoms with Gasteiger partial charge in [0, 0.05) is 23.6 Å². The number of para-hydroxylation sites is 1. The largest absolute Gasteiger partial charge is 0.294 e. The molecular weight excluding hydrogens is 268 g/mol. The van der Waals surface area contributed by atoms with E-state index < -0.39 is 0 Å². The molecule has 3 aromatic rings. The molecule has 0 spiro atoms. The van der Waals surface area contributed by atoms with Crippen LogP contribution in [0.25, 0.3) is 21.5 Å². The van der Waals surface area contributed by atoms with E-state index in [1.165, 1.54) is 11.3 Å². The number of hydrogen-bond donors (Lipinski definition) is 0. The van der Waals surface area contributed by atoms with Crippen molar-refractivity contribution in [3.8, 4) is 10.6 Å². The van der Waals surface area contributed by atoms with Crippen LogP contribution in [0.4, 0.5) is 0 Å². The highest BCUT2D eigenvalue weighted by Gasteiger charge is 2.15. The van der Waals surface area contributed by atoms with Crippen LogP contribution in [0.5, 0.6) is 0 Å². The van der Waals surface area contributed by atoms with E-state index >= 15 is 0 Å². The number of carbonyl (C=O) groups excluding carboxylic acids is 1. The third kappa shape index (κ3) is 2.12. The molecule has 0 atom stereocenters. The normalized spacial score (nSPS) is 10.9. The first kappa shape index (κ1) is 12.9. The fourth-order valence-electron chi connectivity index (χ4n) is 2.32. The van der Waals surface area contributed by atoms with Gasteiger partial charge in [-0.15, -0.1) is 11.3 Å². The zero-order valence-electron chi connectivity index (χ0n) is 11.6.